The molecule has 1 saturated heterocycles. The summed E-state index contributed by atoms with van der Waals surface area (Å²) in [4.78, 5) is 32.5. The van der Waals surface area contributed by atoms with Crippen molar-refractivity contribution in [3.63, 3.8) is 0 Å². The molecule has 176 valence electrons. The molecule has 0 unspecified atom stereocenters. The van der Waals surface area contributed by atoms with Crippen LogP contribution in [0.25, 0.3) is 0 Å². The SMILES string of the molecule is COc1ccccc1CNC(=O)c1ccc(C)nc1C1CCN(C(=O)Cc2ccccc2)CC1. The van der Waals surface area contributed by atoms with E-state index in [2.05, 4.69) is 5.32 Å². The third-order valence-corrected chi connectivity index (χ3v) is 6.37. The lowest BCUT2D eigenvalue weighted by atomic mass is 9.89. The number of amides is 2. The van der Waals surface area contributed by atoms with E-state index in [9.17, 15) is 9.59 Å². The average Bonchev–Trinajstić information content (AvgIpc) is 2.88. The van der Waals surface area contributed by atoms with Crippen LogP contribution in [0.2, 0.25) is 0 Å². The highest BCUT2D eigenvalue weighted by atomic mass is 16.5. The Labute approximate surface area is 201 Å². The van der Waals surface area contributed by atoms with Gasteiger partial charge in [-0.05, 0) is 43.5 Å². The van der Waals surface area contributed by atoms with E-state index in [0.29, 0.717) is 31.6 Å². The molecule has 34 heavy (non-hydrogen) atoms. The van der Waals surface area contributed by atoms with Gasteiger partial charge >= 0.3 is 0 Å². The normalized spacial score (nSPS) is 14.0. The first-order chi connectivity index (χ1) is 16.5. The van der Waals surface area contributed by atoms with Gasteiger partial charge in [-0.25, -0.2) is 0 Å². The van der Waals surface area contributed by atoms with Crippen LogP contribution in [0.5, 0.6) is 5.75 Å². The molecule has 2 amide bonds. The quantitative estimate of drug-likeness (QED) is 0.575. The fraction of sp³-hybridized carbons (Fsp3) is 0.321. The Morgan fingerprint density at radius 3 is 2.44 bits per heavy atom. The van der Waals surface area contributed by atoms with E-state index in [-0.39, 0.29) is 17.7 Å². The van der Waals surface area contributed by atoms with Crippen molar-refractivity contribution in [1.82, 2.24) is 15.2 Å². The highest BCUT2D eigenvalue weighted by Gasteiger charge is 2.28. The molecule has 0 spiro atoms. The molecule has 0 saturated carbocycles. The van der Waals surface area contributed by atoms with Crippen molar-refractivity contribution < 1.29 is 14.3 Å². The molecule has 6 nitrogen and oxygen atoms in total. The van der Waals surface area contributed by atoms with Crippen molar-refractivity contribution in [2.24, 2.45) is 0 Å². The smallest absolute Gasteiger partial charge is 0.253 e. The van der Waals surface area contributed by atoms with Crippen LogP contribution >= 0.6 is 0 Å². The fourth-order valence-electron chi connectivity index (χ4n) is 4.48. The number of nitrogens with one attached hydrogen (secondary N) is 1. The summed E-state index contributed by atoms with van der Waals surface area (Å²) in [5.74, 6) is 0.901. The minimum absolute atomic E-state index is 0.143. The van der Waals surface area contributed by atoms with Crippen LogP contribution in [-0.4, -0.2) is 41.9 Å². The molecule has 1 aliphatic rings. The minimum Gasteiger partial charge on any atom is -0.496 e. The number of hydrogen-bond donors (Lipinski definition) is 1. The molecule has 3 aromatic rings. The van der Waals surface area contributed by atoms with Crippen molar-refractivity contribution in [3.05, 3.63) is 94.8 Å². The third-order valence-electron chi connectivity index (χ3n) is 6.37. The van der Waals surface area contributed by atoms with Gasteiger partial charge in [0, 0.05) is 36.8 Å². The average molecular weight is 458 g/mol. The largest absolute Gasteiger partial charge is 0.496 e. The lowest BCUT2D eigenvalue weighted by molar-refractivity contribution is -0.131. The highest BCUT2D eigenvalue weighted by molar-refractivity contribution is 5.95. The molecule has 1 N–H and O–H groups in total. The Kier molecular flexibility index (Phi) is 7.58. The maximum atomic E-state index is 13.1. The topological polar surface area (TPSA) is 71.5 Å². The zero-order valence-electron chi connectivity index (χ0n) is 19.8. The molecule has 0 aliphatic carbocycles. The van der Waals surface area contributed by atoms with E-state index in [1.807, 2.05) is 78.6 Å². The lowest BCUT2D eigenvalue weighted by Crippen LogP contribution is -2.39. The molecule has 4 rings (SSSR count). The second-order valence-electron chi connectivity index (χ2n) is 8.70. The summed E-state index contributed by atoms with van der Waals surface area (Å²) in [6.45, 7) is 3.67. The van der Waals surface area contributed by atoms with E-state index < -0.39 is 0 Å². The number of hydrogen-bond acceptors (Lipinski definition) is 4. The summed E-state index contributed by atoms with van der Waals surface area (Å²) in [7, 11) is 1.62. The van der Waals surface area contributed by atoms with Crippen LogP contribution in [0.1, 0.15) is 51.6 Å². The molecule has 0 bridgehead atoms. The van der Waals surface area contributed by atoms with Crippen LogP contribution in [-0.2, 0) is 17.8 Å². The summed E-state index contributed by atoms with van der Waals surface area (Å²) >= 11 is 0. The van der Waals surface area contributed by atoms with Crippen molar-refractivity contribution in [1.29, 1.82) is 0 Å². The van der Waals surface area contributed by atoms with Gasteiger partial charge in [0.15, 0.2) is 0 Å². The molecule has 1 aromatic heterocycles. The number of piperidine rings is 1. The molecule has 6 heteroatoms. The standard InChI is InChI=1S/C28H31N3O3/c1-20-12-13-24(28(33)29-19-23-10-6-7-11-25(23)34-2)27(30-20)22-14-16-31(17-15-22)26(32)18-21-8-4-3-5-9-21/h3-13,22H,14-19H2,1-2H3,(H,29,33). The number of para-hydroxylation sites is 1. The number of carbonyl (C=O) groups is 2. The van der Waals surface area contributed by atoms with Gasteiger partial charge in [0.25, 0.3) is 5.91 Å². The van der Waals surface area contributed by atoms with Crippen molar-refractivity contribution in [2.75, 3.05) is 20.2 Å². The van der Waals surface area contributed by atoms with E-state index in [4.69, 9.17) is 9.72 Å². The number of methoxy groups -OCH3 is 1. The van der Waals surface area contributed by atoms with Gasteiger partial charge < -0.3 is 15.0 Å². The van der Waals surface area contributed by atoms with Crippen LogP contribution in [0.15, 0.2) is 66.7 Å². The lowest BCUT2D eigenvalue weighted by Gasteiger charge is -2.32. The molecular weight excluding hydrogens is 426 g/mol. The number of carbonyl (C=O) groups excluding carboxylic acids is 2. The highest BCUT2D eigenvalue weighted by Crippen LogP contribution is 2.30. The van der Waals surface area contributed by atoms with Crippen LogP contribution in [0.3, 0.4) is 0 Å². The van der Waals surface area contributed by atoms with Gasteiger partial charge in [-0.15, -0.1) is 0 Å². The maximum Gasteiger partial charge on any atom is 0.253 e. The summed E-state index contributed by atoms with van der Waals surface area (Å²) in [6, 6.07) is 21.2. The van der Waals surface area contributed by atoms with E-state index in [0.717, 1.165) is 41.1 Å². The van der Waals surface area contributed by atoms with E-state index in [1.165, 1.54) is 0 Å². The molecule has 2 heterocycles. The van der Waals surface area contributed by atoms with Gasteiger partial charge in [-0.2, -0.15) is 0 Å². The van der Waals surface area contributed by atoms with Crippen molar-refractivity contribution in [3.8, 4) is 5.75 Å². The Morgan fingerprint density at radius 1 is 1.00 bits per heavy atom. The number of aromatic nitrogens is 1. The number of rotatable bonds is 7. The summed E-state index contributed by atoms with van der Waals surface area (Å²) < 4.78 is 5.39. The van der Waals surface area contributed by atoms with Gasteiger partial charge in [0.05, 0.1) is 24.8 Å². The number of ether oxygens (including phenoxy) is 1. The first-order valence-electron chi connectivity index (χ1n) is 11.7. The van der Waals surface area contributed by atoms with Gasteiger partial charge in [-0.1, -0.05) is 48.5 Å². The Hall–Kier alpha value is -3.67. The van der Waals surface area contributed by atoms with Crippen molar-refractivity contribution >= 4 is 11.8 Å². The predicted molar refractivity (Wildman–Crippen MR) is 132 cm³/mol. The molecule has 2 aromatic carbocycles. The van der Waals surface area contributed by atoms with Crippen LogP contribution in [0.4, 0.5) is 0 Å². The molecule has 0 radical (unpaired) electrons. The number of nitrogens with zero attached hydrogens (tertiary/aromatic N) is 2. The summed E-state index contributed by atoms with van der Waals surface area (Å²) in [5, 5.41) is 3.02. The summed E-state index contributed by atoms with van der Waals surface area (Å²) in [5.41, 5.74) is 4.27. The van der Waals surface area contributed by atoms with Crippen molar-refractivity contribution in [2.45, 2.75) is 38.6 Å². The first kappa shape index (κ1) is 23.5. The monoisotopic (exact) mass is 457 g/mol. The fourth-order valence-corrected chi connectivity index (χ4v) is 4.48. The second-order valence-corrected chi connectivity index (χ2v) is 8.70. The molecule has 1 aliphatic heterocycles. The van der Waals surface area contributed by atoms with Crippen LogP contribution < -0.4 is 10.1 Å². The second kappa shape index (κ2) is 11.0. The first-order valence-corrected chi connectivity index (χ1v) is 11.7. The Balaban J connectivity index is 1.41. The molecule has 1 fully saturated rings. The third kappa shape index (κ3) is 5.63. The Morgan fingerprint density at radius 2 is 1.71 bits per heavy atom. The zero-order valence-corrected chi connectivity index (χ0v) is 19.8. The van der Waals surface area contributed by atoms with Gasteiger partial charge in [0.2, 0.25) is 5.91 Å². The van der Waals surface area contributed by atoms with Gasteiger partial charge in [0.1, 0.15) is 5.75 Å². The van der Waals surface area contributed by atoms with Crippen LogP contribution in [0, 0.1) is 6.92 Å². The minimum atomic E-state index is -0.143. The zero-order chi connectivity index (χ0) is 23.9. The summed E-state index contributed by atoms with van der Waals surface area (Å²) in [6.07, 6.45) is 2.01. The molecular formula is C28H31N3O3. The number of aryl methyl sites for hydroxylation is 1. The number of likely N-dealkylation sites (tertiary alicyclic amines) is 1. The number of pyridine rings is 1. The Bertz CT molecular complexity index is 1140. The number of benzene rings is 2. The van der Waals surface area contributed by atoms with E-state index in [1.54, 1.807) is 7.11 Å². The van der Waals surface area contributed by atoms with Gasteiger partial charge in [-0.3, -0.25) is 14.6 Å². The predicted octanol–water partition coefficient (Wildman–Crippen LogP) is 4.28. The van der Waals surface area contributed by atoms with E-state index >= 15 is 0 Å². The molecule has 0 atom stereocenters. The maximum absolute atomic E-state index is 13.1.